The number of hydrogen-bond acceptors (Lipinski definition) is 1. The quantitative estimate of drug-likeness (QED) is 0.700. The molecule has 0 aliphatic rings. The summed E-state index contributed by atoms with van der Waals surface area (Å²) in [5.74, 6) is 0. The molecule has 4 heteroatoms. The predicted molar refractivity (Wildman–Crippen MR) is 73.0 cm³/mol. The standard InChI is InChI=1S/C11H12S.ClH.2H2O/c1-4-11(12)10-7-5-6-8(2)9(10)3;;;/h4-7,12H,1,3H2,2H3;1H;2*1H2/b11-10+;;;. The maximum absolute atomic E-state index is 4.30. The van der Waals surface area contributed by atoms with E-state index in [2.05, 4.69) is 25.8 Å². The first-order valence-corrected chi connectivity index (χ1v) is 4.22. The number of hydrogen-bond donors (Lipinski definition) is 1. The number of halogens is 1. The van der Waals surface area contributed by atoms with Gasteiger partial charge in [0, 0.05) is 4.91 Å². The summed E-state index contributed by atoms with van der Waals surface area (Å²) >= 11 is 4.30. The second-order valence-corrected chi connectivity index (χ2v) is 3.17. The number of benzene rings is 1. The van der Waals surface area contributed by atoms with E-state index in [4.69, 9.17) is 0 Å². The molecule has 0 aliphatic heterocycles. The van der Waals surface area contributed by atoms with Gasteiger partial charge < -0.3 is 11.0 Å². The Kier molecular flexibility index (Phi) is 11.3. The first-order valence-electron chi connectivity index (χ1n) is 3.77. The highest BCUT2D eigenvalue weighted by molar-refractivity contribution is 7.90. The summed E-state index contributed by atoms with van der Waals surface area (Å²) in [7, 11) is 0. The van der Waals surface area contributed by atoms with Crippen LogP contribution in [0.4, 0.5) is 0 Å². The summed E-state index contributed by atoms with van der Waals surface area (Å²) in [5, 5.41) is 2.09. The Morgan fingerprint density at radius 2 is 1.87 bits per heavy atom. The summed E-state index contributed by atoms with van der Waals surface area (Å²) in [6.45, 7) is 9.68. The van der Waals surface area contributed by atoms with Crippen LogP contribution in [0.2, 0.25) is 0 Å². The smallest absolute Gasteiger partial charge is 0.0113 e. The molecule has 1 aromatic rings. The third-order valence-electron chi connectivity index (χ3n) is 1.88. The second-order valence-electron chi connectivity index (χ2n) is 2.69. The van der Waals surface area contributed by atoms with Gasteiger partial charge in [-0.15, -0.1) is 25.0 Å². The number of aryl methyl sites for hydroxylation is 1. The second kappa shape index (κ2) is 8.56. The van der Waals surface area contributed by atoms with Crippen LogP contribution < -0.4 is 10.4 Å². The summed E-state index contributed by atoms with van der Waals surface area (Å²) in [4.78, 5) is 0.878. The van der Waals surface area contributed by atoms with Crippen LogP contribution in [0.5, 0.6) is 0 Å². The van der Waals surface area contributed by atoms with Gasteiger partial charge in [-0.2, -0.15) is 0 Å². The molecule has 0 amide bonds. The Morgan fingerprint density at radius 1 is 1.33 bits per heavy atom. The highest BCUT2D eigenvalue weighted by Crippen LogP contribution is 1.97. The van der Waals surface area contributed by atoms with Crippen molar-refractivity contribution in [1.29, 1.82) is 0 Å². The topological polar surface area (TPSA) is 63.0 Å². The fourth-order valence-electron chi connectivity index (χ4n) is 1.05. The monoisotopic (exact) mass is 248 g/mol. The van der Waals surface area contributed by atoms with Crippen LogP contribution in [0.1, 0.15) is 5.56 Å². The Morgan fingerprint density at radius 3 is 2.33 bits per heavy atom. The molecule has 2 nitrogen and oxygen atoms in total. The van der Waals surface area contributed by atoms with E-state index in [0.29, 0.717) is 0 Å². The highest BCUT2D eigenvalue weighted by atomic mass is 35.5. The Balaban J connectivity index is -0.000000480. The summed E-state index contributed by atoms with van der Waals surface area (Å²) in [5.41, 5.74) is 1.18. The molecule has 0 fully saturated rings. The fraction of sp³-hybridized carbons (Fsp3) is 0.0909. The van der Waals surface area contributed by atoms with E-state index in [1.165, 1.54) is 5.56 Å². The predicted octanol–water partition coefficient (Wildman–Crippen LogP) is 0.402. The summed E-state index contributed by atoms with van der Waals surface area (Å²) in [6, 6.07) is 6.04. The van der Waals surface area contributed by atoms with Crippen LogP contribution in [0, 0.1) is 6.92 Å². The van der Waals surface area contributed by atoms with Crippen LogP contribution in [0.25, 0.3) is 11.5 Å². The molecule has 0 saturated heterocycles. The normalized spacial score (nSPS) is 10.0. The molecule has 0 aliphatic carbocycles. The highest BCUT2D eigenvalue weighted by Gasteiger charge is 1.90. The Labute approximate surface area is 101 Å². The van der Waals surface area contributed by atoms with Crippen molar-refractivity contribution in [2.24, 2.45) is 0 Å². The van der Waals surface area contributed by atoms with E-state index >= 15 is 0 Å². The summed E-state index contributed by atoms with van der Waals surface area (Å²) < 4.78 is 0. The van der Waals surface area contributed by atoms with Crippen LogP contribution >= 0.6 is 25.0 Å². The third kappa shape index (κ3) is 4.53. The lowest BCUT2D eigenvalue weighted by Crippen LogP contribution is -2.26. The van der Waals surface area contributed by atoms with Crippen molar-refractivity contribution in [3.05, 3.63) is 46.9 Å². The van der Waals surface area contributed by atoms with Crippen LogP contribution in [-0.2, 0) is 0 Å². The molecule has 0 saturated carbocycles. The van der Waals surface area contributed by atoms with Crippen LogP contribution in [0.15, 0.2) is 30.9 Å². The zero-order valence-corrected chi connectivity index (χ0v) is 10.3. The van der Waals surface area contributed by atoms with Crippen molar-refractivity contribution in [2.75, 3.05) is 0 Å². The van der Waals surface area contributed by atoms with Crippen molar-refractivity contribution in [2.45, 2.75) is 6.92 Å². The molecule has 0 aromatic heterocycles. The molecule has 86 valence electrons. The molecule has 0 bridgehead atoms. The third-order valence-corrected chi connectivity index (χ3v) is 2.30. The molecule has 0 atom stereocenters. The minimum Gasteiger partial charge on any atom is -0.412 e. The van der Waals surface area contributed by atoms with E-state index < -0.39 is 0 Å². The maximum atomic E-state index is 4.30. The molecule has 0 spiro atoms. The van der Waals surface area contributed by atoms with E-state index in [-0.39, 0.29) is 23.4 Å². The van der Waals surface area contributed by atoms with Gasteiger partial charge in [0.2, 0.25) is 0 Å². The van der Waals surface area contributed by atoms with Gasteiger partial charge in [0.05, 0.1) is 0 Å². The van der Waals surface area contributed by atoms with Crippen molar-refractivity contribution in [3.63, 3.8) is 0 Å². The van der Waals surface area contributed by atoms with Crippen LogP contribution in [-0.4, -0.2) is 11.0 Å². The molecule has 1 rings (SSSR count). The van der Waals surface area contributed by atoms with E-state index in [0.717, 1.165) is 15.3 Å². The zero-order valence-electron chi connectivity index (χ0n) is 8.58. The van der Waals surface area contributed by atoms with Crippen molar-refractivity contribution >= 4 is 36.5 Å². The van der Waals surface area contributed by atoms with Gasteiger partial charge in [-0.3, -0.25) is 0 Å². The minimum atomic E-state index is 0. The molecular weight excluding hydrogens is 232 g/mol. The average Bonchev–Trinajstić information content (AvgIpc) is 2.08. The van der Waals surface area contributed by atoms with Gasteiger partial charge in [0.15, 0.2) is 0 Å². The molecule has 0 radical (unpaired) electrons. The van der Waals surface area contributed by atoms with Crippen molar-refractivity contribution in [1.82, 2.24) is 0 Å². The van der Waals surface area contributed by atoms with Gasteiger partial charge in [-0.05, 0) is 22.9 Å². The van der Waals surface area contributed by atoms with Gasteiger partial charge in [0.25, 0.3) is 0 Å². The van der Waals surface area contributed by atoms with Crippen molar-refractivity contribution in [3.8, 4) is 0 Å². The van der Waals surface area contributed by atoms with E-state index in [9.17, 15) is 0 Å². The molecule has 15 heavy (non-hydrogen) atoms. The first kappa shape index (κ1) is 19.8. The van der Waals surface area contributed by atoms with E-state index in [1.807, 2.05) is 25.1 Å². The maximum Gasteiger partial charge on any atom is 0.0113 e. The van der Waals surface area contributed by atoms with Gasteiger partial charge >= 0.3 is 0 Å². The lowest BCUT2D eigenvalue weighted by molar-refractivity contribution is 0.823. The lowest BCUT2D eigenvalue weighted by Gasteiger charge is -1.95. The molecule has 4 N–H and O–H groups in total. The molecule has 0 heterocycles. The fourth-order valence-corrected chi connectivity index (χ4v) is 1.26. The molecular formula is C11H17ClO2S. The minimum absolute atomic E-state index is 0. The van der Waals surface area contributed by atoms with Gasteiger partial charge in [-0.1, -0.05) is 37.4 Å². The van der Waals surface area contributed by atoms with Crippen LogP contribution in [0.3, 0.4) is 0 Å². The average molecular weight is 249 g/mol. The van der Waals surface area contributed by atoms with Gasteiger partial charge in [0.1, 0.15) is 0 Å². The molecule has 1 aromatic carbocycles. The SMILES string of the molecule is C=C/C(S)=c1/cccc(C)c1=C.Cl.O.O. The summed E-state index contributed by atoms with van der Waals surface area (Å²) in [6.07, 6.45) is 1.73. The Hall–Kier alpha value is -0.740. The van der Waals surface area contributed by atoms with Crippen molar-refractivity contribution < 1.29 is 11.0 Å². The number of thiol groups is 1. The van der Waals surface area contributed by atoms with E-state index in [1.54, 1.807) is 6.08 Å². The van der Waals surface area contributed by atoms with Gasteiger partial charge in [-0.25, -0.2) is 0 Å². The first-order chi connectivity index (χ1) is 5.66. The number of rotatable bonds is 1. The Bertz CT molecular complexity index is 415. The molecule has 0 unspecified atom stereocenters. The lowest BCUT2D eigenvalue weighted by atomic mass is 10.1. The zero-order chi connectivity index (χ0) is 9.14. The largest absolute Gasteiger partial charge is 0.412 e.